The molecule has 0 radical (unpaired) electrons. The van der Waals surface area contributed by atoms with Crippen LogP contribution in [-0.4, -0.2) is 41.7 Å². The van der Waals surface area contributed by atoms with Gasteiger partial charge in [-0.2, -0.15) is 0 Å². The van der Waals surface area contributed by atoms with Crippen molar-refractivity contribution in [1.82, 2.24) is 9.88 Å². The Morgan fingerprint density at radius 1 is 1.38 bits per heavy atom. The van der Waals surface area contributed by atoms with Crippen molar-refractivity contribution in [3.05, 3.63) is 52.0 Å². The van der Waals surface area contributed by atoms with E-state index in [1.165, 1.54) is 16.9 Å². The summed E-state index contributed by atoms with van der Waals surface area (Å²) in [5.41, 5.74) is 3.68. The number of hydrogen-bond donors (Lipinski definition) is 0. The van der Waals surface area contributed by atoms with Crippen LogP contribution in [0.1, 0.15) is 40.9 Å². The number of carbonyl (C=O) groups excluding carboxylic acids is 1. The number of ether oxygens (including phenoxy) is 2. The molecule has 24 heavy (non-hydrogen) atoms. The number of aromatic nitrogens is 1. The Hall–Kier alpha value is -1.76. The predicted molar refractivity (Wildman–Crippen MR) is 93.1 cm³/mol. The van der Waals surface area contributed by atoms with Crippen molar-refractivity contribution in [2.75, 3.05) is 19.7 Å². The standard InChI is InChI=1S/C18H22N2O3S/c1-3-22-18(21)17-15(19-12-24-17)10-20-9-13(2)23-16(11-20)14-7-5-4-6-8-14/h4-8,12-13,16H,3,9-11H2,1-2H3/t13-,16-/m1/s1. The van der Waals surface area contributed by atoms with Gasteiger partial charge in [-0.05, 0) is 19.4 Å². The number of hydrogen-bond acceptors (Lipinski definition) is 6. The van der Waals surface area contributed by atoms with E-state index in [1.807, 2.05) is 25.1 Å². The SMILES string of the molecule is CCOC(=O)c1scnc1CN1C[C@@H](C)O[C@@H](c2ccccc2)C1. The van der Waals surface area contributed by atoms with Gasteiger partial charge in [-0.15, -0.1) is 11.3 Å². The molecule has 0 spiro atoms. The Morgan fingerprint density at radius 3 is 2.92 bits per heavy atom. The molecule has 2 heterocycles. The maximum Gasteiger partial charge on any atom is 0.350 e. The van der Waals surface area contributed by atoms with Gasteiger partial charge in [0.05, 0.1) is 30.0 Å². The number of morpholine rings is 1. The Labute approximate surface area is 146 Å². The molecule has 0 aliphatic carbocycles. The number of esters is 1. The van der Waals surface area contributed by atoms with E-state index in [4.69, 9.17) is 9.47 Å². The van der Waals surface area contributed by atoms with E-state index in [1.54, 1.807) is 5.51 Å². The molecular formula is C18H22N2O3S. The van der Waals surface area contributed by atoms with Gasteiger partial charge >= 0.3 is 5.97 Å². The number of nitrogens with zero attached hydrogens (tertiary/aromatic N) is 2. The van der Waals surface area contributed by atoms with Crippen LogP contribution >= 0.6 is 11.3 Å². The molecular weight excluding hydrogens is 324 g/mol. The van der Waals surface area contributed by atoms with Crippen molar-refractivity contribution in [3.8, 4) is 0 Å². The average Bonchev–Trinajstić information content (AvgIpc) is 3.03. The van der Waals surface area contributed by atoms with Crippen LogP contribution in [0, 0.1) is 0 Å². The van der Waals surface area contributed by atoms with Crippen LogP contribution in [0.2, 0.25) is 0 Å². The summed E-state index contributed by atoms with van der Waals surface area (Å²) in [6.07, 6.45) is 0.174. The quantitative estimate of drug-likeness (QED) is 0.778. The van der Waals surface area contributed by atoms with Crippen LogP contribution in [0.15, 0.2) is 35.8 Å². The summed E-state index contributed by atoms with van der Waals surface area (Å²) in [6, 6.07) is 10.2. The van der Waals surface area contributed by atoms with Gasteiger partial charge in [0.2, 0.25) is 0 Å². The first-order valence-electron chi connectivity index (χ1n) is 8.19. The highest BCUT2D eigenvalue weighted by atomic mass is 32.1. The third-order valence-corrected chi connectivity index (χ3v) is 4.83. The Bertz CT molecular complexity index is 674. The molecule has 3 rings (SSSR count). The molecule has 1 saturated heterocycles. The average molecular weight is 346 g/mol. The molecule has 128 valence electrons. The third kappa shape index (κ3) is 4.01. The number of rotatable bonds is 5. The first-order chi connectivity index (χ1) is 11.7. The predicted octanol–water partition coefficient (Wildman–Crippen LogP) is 3.28. The normalized spacial score (nSPS) is 21.6. The Morgan fingerprint density at radius 2 is 2.17 bits per heavy atom. The fraction of sp³-hybridized carbons (Fsp3) is 0.444. The lowest BCUT2D eigenvalue weighted by Crippen LogP contribution is -2.42. The summed E-state index contributed by atoms with van der Waals surface area (Å²) in [4.78, 5) is 19.3. The minimum Gasteiger partial charge on any atom is -0.462 e. The second-order valence-electron chi connectivity index (χ2n) is 5.89. The maximum absolute atomic E-state index is 12.0. The molecule has 1 aliphatic heterocycles. The molecule has 0 unspecified atom stereocenters. The summed E-state index contributed by atoms with van der Waals surface area (Å²) in [5, 5.41) is 0. The van der Waals surface area contributed by atoms with E-state index in [9.17, 15) is 4.79 Å². The van der Waals surface area contributed by atoms with Crippen molar-refractivity contribution in [3.63, 3.8) is 0 Å². The lowest BCUT2D eigenvalue weighted by Gasteiger charge is -2.36. The summed E-state index contributed by atoms with van der Waals surface area (Å²) in [7, 11) is 0. The molecule has 2 atom stereocenters. The van der Waals surface area contributed by atoms with Crippen LogP contribution in [-0.2, 0) is 16.0 Å². The van der Waals surface area contributed by atoms with Crippen LogP contribution in [0.5, 0.6) is 0 Å². The van der Waals surface area contributed by atoms with Crippen molar-refractivity contribution >= 4 is 17.3 Å². The molecule has 0 bridgehead atoms. The number of carbonyl (C=O) groups is 1. The summed E-state index contributed by atoms with van der Waals surface area (Å²) >= 11 is 1.34. The second-order valence-corrected chi connectivity index (χ2v) is 6.74. The first-order valence-corrected chi connectivity index (χ1v) is 9.07. The molecule has 1 aromatic heterocycles. The van der Waals surface area contributed by atoms with Crippen molar-refractivity contribution in [2.24, 2.45) is 0 Å². The van der Waals surface area contributed by atoms with Crippen molar-refractivity contribution in [1.29, 1.82) is 0 Å². The van der Waals surface area contributed by atoms with Crippen LogP contribution in [0.4, 0.5) is 0 Å². The molecule has 0 amide bonds. The molecule has 1 aromatic carbocycles. The smallest absolute Gasteiger partial charge is 0.350 e. The number of benzene rings is 1. The zero-order valence-electron chi connectivity index (χ0n) is 14.0. The van der Waals surface area contributed by atoms with E-state index >= 15 is 0 Å². The minimum atomic E-state index is -0.282. The van der Waals surface area contributed by atoms with Crippen molar-refractivity contribution < 1.29 is 14.3 Å². The molecule has 0 saturated carbocycles. The van der Waals surface area contributed by atoms with Gasteiger partial charge in [-0.3, -0.25) is 4.90 Å². The largest absolute Gasteiger partial charge is 0.462 e. The van der Waals surface area contributed by atoms with Gasteiger partial charge in [0.15, 0.2) is 0 Å². The molecule has 1 fully saturated rings. The molecule has 1 aliphatic rings. The van der Waals surface area contributed by atoms with Gasteiger partial charge in [0.25, 0.3) is 0 Å². The summed E-state index contributed by atoms with van der Waals surface area (Å²) in [6.45, 7) is 6.51. The first kappa shape index (κ1) is 17.1. The highest BCUT2D eigenvalue weighted by Gasteiger charge is 2.28. The van der Waals surface area contributed by atoms with Gasteiger partial charge in [-0.25, -0.2) is 9.78 Å². The third-order valence-electron chi connectivity index (χ3n) is 3.98. The van der Waals surface area contributed by atoms with Crippen LogP contribution in [0.25, 0.3) is 0 Å². The van der Waals surface area contributed by atoms with E-state index in [0.29, 0.717) is 18.0 Å². The van der Waals surface area contributed by atoms with E-state index in [0.717, 1.165) is 18.8 Å². The molecule has 2 aromatic rings. The summed E-state index contributed by atoms with van der Waals surface area (Å²) < 4.78 is 11.2. The van der Waals surface area contributed by atoms with Crippen molar-refractivity contribution in [2.45, 2.75) is 32.6 Å². The zero-order chi connectivity index (χ0) is 16.9. The zero-order valence-corrected chi connectivity index (χ0v) is 14.8. The lowest BCUT2D eigenvalue weighted by molar-refractivity contribution is -0.0816. The summed E-state index contributed by atoms with van der Waals surface area (Å²) in [5.74, 6) is -0.282. The van der Waals surface area contributed by atoms with Crippen LogP contribution < -0.4 is 0 Å². The minimum absolute atomic E-state index is 0.0413. The molecule has 5 nitrogen and oxygen atoms in total. The molecule has 6 heteroatoms. The van der Waals surface area contributed by atoms with Crippen LogP contribution in [0.3, 0.4) is 0 Å². The van der Waals surface area contributed by atoms with Gasteiger partial charge in [-0.1, -0.05) is 30.3 Å². The monoisotopic (exact) mass is 346 g/mol. The van der Waals surface area contributed by atoms with Gasteiger partial charge in [0.1, 0.15) is 4.88 Å². The van der Waals surface area contributed by atoms with E-state index in [2.05, 4.69) is 28.9 Å². The Kier molecular flexibility index (Phi) is 5.60. The van der Waals surface area contributed by atoms with E-state index < -0.39 is 0 Å². The topological polar surface area (TPSA) is 51.7 Å². The second kappa shape index (κ2) is 7.88. The Balaban J connectivity index is 1.71. The highest BCUT2D eigenvalue weighted by molar-refractivity contribution is 7.11. The van der Waals surface area contributed by atoms with E-state index in [-0.39, 0.29) is 18.2 Å². The molecule has 0 N–H and O–H groups in total. The maximum atomic E-state index is 12.0. The highest BCUT2D eigenvalue weighted by Crippen LogP contribution is 2.27. The fourth-order valence-corrected chi connectivity index (χ4v) is 3.67. The number of thiazole rings is 1. The van der Waals surface area contributed by atoms with Gasteiger partial charge < -0.3 is 9.47 Å². The fourth-order valence-electron chi connectivity index (χ4n) is 2.98. The lowest BCUT2D eigenvalue weighted by atomic mass is 10.1. The van der Waals surface area contributed by atoms with Gasteiger partial charge in [0, 0.05) is 19.6 Å².